The van der Waals surface area contributed by atoms with Crippen LogP contribution >= 0.6 is 0 Å². The number of aromatic nitrogens is 2. The third-order valence-electron chi connectivity index (χ3n) is 1.68. The second kappa shape index (κ2) is 4.36. The summed E-state index contributed by atoms with van der Waals surface area (Å²) in [4.78, 5) is 0. The molecule has 0 aliphatic carbocycles. The zero-order chi connectivity index (χ0) is 7.56. The van der Waals surface area contributed by atoms with E-state index >= 15 is 0 Å². The molecule has 1 aromatic rings. The Kier molecular flexibility index (Phi) is 4.15. The molecule has 64 valence electrons. The number of aromatic amines is 1. The molecule has 0 bridgehead atoms. The van der Waals surface area contributed by atoms with Gasteiger partial charge in [0.1, 0.15) is 0 Å². The van der Waals surface area contributed by atoms with E-state index in [0.29, 0.717) is 6.54 Å². The Balaban J connectivity index is 0.000001000. The first kappa shape index (κ1) is 10.5. The number of rotatable bonds is 2. The lowest BCUT2D eigenvalue weighted by Crippen LogP contribution is -3.00. The monoisotopic (exact) mass is 174 g/mol. The fraction of sp³-hybridized carbons (Fsp3) is 0.571. The molecule has 1 rings (SSSR count). The topological polar surface area (TPSA) is 54.7 Å². The van der Waals surface area contributed by atoms with Crippen molar-refractivity contribution in [3.05, 3.63) is 17.0 Å². The van der Waals surface area contributed by atoms with E-state index in [-0.39, 0.29) is 12.4 Å². The SMILES string of the molecule is Cc1n[nH]c(C)c1CCN.[Cl-]. The zero-order valence-corrected chi connectivity index (χ0v) is 7.57. The molecule has 0 spiro atoms. The molecule has 0 amide bonds. The van der Waals surface area contributed by atoms with Crippen LogP contribution in [0.4, 0.5) is 0 Å². The van der Waals surface area contributed by atoms with Crippen molar-refractivity contribution in [3.63, 3.8) is 0 Å². The van der Waals surface area contributed by atoms with Crippen LogP contribution in [0.5, 0.6) is 0 Å². The van der Waals surface area contributed by atoms with Gasteiger partial charge in [0.15, 0.2) is 0 Å². The number of hydrogen-bond donors (Lipinski definition) is 2. The second-order valence-electron chi connectivity index (χ2n) is 2.45. The Morgan fingerprint density at radius 3 is 2.45 bits per heavy atom. The van der Waals surface area contributed by atoms with Gasteiger partial charge in [0.05, 0.1) is 5.69 Å². The summed E-state index contributed by atoms with van der Waals surface area (Å²) in [6.07, 6.45) is 0.925. The van der Waals surface area contributed by atoms with Gasteiger partial charge in [-0.05, 0) is 32.4 Å². The van der Waals surface area contributed by atoms with Crippen LogP contribution < -0.4 is 18.1 Å². The van der Waals surface area contributed by atoms with Gasteiger partial charge in [-0.1, -0.05) is 0 Å². The molecule has 1 heterocycles. The van der Waals surface area contributed by atoms with Crippen molar-refractivity contribution in [3.8, 4) is 0 Å². The van der Waals surface area contributed by atoms with Gasteiger partial charge in [0.25, 0.3) is 0 Å². The Bertz CT molecular complexity index is 200. The van der Waals surface area contributed by atoms with Crippen molar-refractivity contribution in [1.82, 2.24) is 10.2 Å². The third kappa shape index (κ3) is 2.20. The van der Waals surface area contributed by atoms with Crippen LogP contribution in [0.3, 0.4) is 0 Å². The zero-order valence-electron chi connectivity index (χ0n) is 6.82. The maximum atomic E-state index is 5.42. The van der Waals surface area contributed by atoms with Gasteiger partial charge < -0.3 is 18.1 Å². The summed E-state index contributed by atoms with van der Waals surface area (Å²) in [5, 5.41) is 6.97. The van der Waals surface area contributed by atoms with Gasteiger partial charge in [-0.15, -0.1) is 0 Å². The molecule has 0 fully saturated rings. The van der Waals surface area contributed by atoms with Gasteiger partial charge in [-0.3, -0.25) is 5.10 Å². The van der Waals surface area contributed by atoms with Crippen molar-refractivity contribution in [2.75, 3.05) is 6.54 Å². The molecule has 0 radical (unpaired) electrons. The van der Waals surface area contributed by atoms with Gasteiger partial charge >= 0.3 is 0 Å². The van der Waals surface area contributed by atoms with Crippen LogP contribution in [-0.2, 0) is 6.42 Å². The number of nitrogens with zero attached hydrogens (tertiary/aromatic N) is 1. The van der Waals surface area contributed by atoms with Crippen molar-refractivity contribution in [2.24, 2.45) is 5.73 Å². The Morgan fingerprint density at radius 1 is 1.45 bits per heavy atom. The van der Waals surface area contributed by atoms with Crippen LogP contribution in [0.1, 0.15) is 17.0 Å². The van der Waals surface area contributed by atoms with E-state index in [1.807, 2.05) is 13.8 Å². The minimum Gasteiger partial charge on any atom is -1.00 e. The third-order valence-corrected chi connectivity index (χ3v) is 1.68. The Labute approximate surface area is 72.8 Å². The number of halogens is 1. The number of hydrogen-bond acceptors (Lipinski definition) is 2. The number of H-pyrrole nitrogens is 1. The quantitative estimate of drug-likeness (QED) is 0.523. The molecular formula is C7H13ClN3-. The number of nitrogens with two attached hydrogens (primary N) is 1. The van der Waals surface area contributed by atoms with Crippen molar-refractivity contribution < 1.29 is 12.4 Å². The van der Waals surface area contributed by atoms with Crippen LogP contribution in [0.2, 0.25) is 0 Å². The largest absolute Gasteiger partial charge is 1.00 e. The Hall–Kier alpha value is -0.540. The predicted molar refractivity (Wildman–Crippen MR) is 40.8 cm³/mol. The molecule has 4 heteroatoms. The molecule has 0 aromatic carbocycles. The normalized spacial score (nSPS) is 9.36. The number of aryl methyl sites for hydroxylation is 2. The Morgan fingerprint density at radius 2 is 2.09 bits per heavy atom. The van der Waals surface area contributed by atoms with Gasteiger partial charge in [0.2, 0.25) is 0 Å². The first-order chi connectivity index (χ1) is 4.75. The van der Waals surface area contributed by atoms with E-state index < -0.39 is 0 Å². The first-order valence-electron chi connectivity index (χ1n) is 3.46. The predicted octanol–water partition coefficient (Wildman–Crippen LogP) is -2.47. The summed E-state index contributed by atoms with van der Waals surface area (Å²) in [6, 6.07) is 0. The summed E-state index contributed by atoms with van der Waals surface area (Å²) in [7, 11) is 0. The average molecular weight is 175 g/mol. The lowest BCUT2D eigenvalue weighted by molar-refractivity contribution is -0.00000248. The van der Waals surface area contributed by atoms with Crippen molar-refractivity contribution in [1.29, 1.82) is 0 Å². The summed E-state index contributed by atoms with van der Waals surface area (Å²) in [6.45, 7) is 4.71. The average Bonchev–Trinajstić information content (AvgIpc) is 2.20. The summed E-state index contributed by atoms with van der Waals surface area (Å²) >= 11 is 0. The van der Waals surface area contributed by atoms with Crippen molar-refractivity contribution in [2.45, 2.75) is 20.3 Å². The second-order valence-corrected chi connectivity index (χ2v) is 2.45. The van der Waals surface area contributed by atoms with E-state index in [1.165, 1.54) is 5.56 Å². The highest BCUT2D eigenvalue weighted by atomic mass is 35.5. The maximum absolute atomic E-state index is 5.42. The molecule has 0 aliphatic heterocycles. The van der Waals surface area contributed by atoms with E-state index in [9.17, 15) is 0 Å². The minimum atomic E-state index is 0. The number of nitrogens with one attached hydrogen (secondary N) is 1. The molecule has 3 N–H and O–H groups in total. The van der Waals surface area contributed by atoms with E-state index in [0.717, 1.165) is 17.8 Å². The molecule has 0 aliphatic rings. The lowest BCUT2D eigenvalue weighted by atomic mass is 10.1. The molecule has 0 unspecified atom stereocenters. The lowest BCUT2D eigenvalue weighted by Gasteiger charge is -1.95. The minimum absolute atomic E-state index is 0. The van der Waals surface area contributed by atoms with Crippen LogP contribution in [0.25, 0.3) is 0 Å². The molecule has 0 saturated carbocycles. The van der Waals surface area contributed by atoms with Crippen LogP contribution in [-0.4, -0.2) is 16.7 Å². The summed E-state index contributed by atoms with van der Waals surface area (Å²) in [5.74, 6) is 0. The summed E-state index contributed by atoms with van der Waals surface area (Å²) < 4.78 is 0. The highest BCUT2D eigenvalue weighted by molar-refractivity contribution is 5.23. The molecule has 1 aromatic heterocycles. The molecular weight excluding hydrogens is 162 g/mol. The van der Waals surface area contributed by atoms with Gasteiger partial charge in [-0.2, -0.15) is 5.10 Å². The molecule has 11 heavy (non-hydrogen) atoms. The van der Waals surface area contributed by atoms with E-state index in [4.69, 9.17) is 5.73 Å². The standard InChI is InChI=1S/C7H13N3.ClH/c1-5-7(3-4-8)6(2)10-9-5;/h3-4,8H2,1-2H3,(H,9,10);1H/p-1. The molecule has 0 saturated heterocycles. The van der Waals surface area contributed by atoms with E-state index in [2.05, 4.69) is 10.2 Å². The highest BCUT2D eigenvalue weighted by Gasteiger charge is 2.03. The fourth-order valence-corrected chi connectivity index (χ4v) is 1.09. The van der Waals surface area contributed by atoms with E-state index in [1.54, 1.807) is 0 Å². The molecule has 3 nitrogen and oxygen atoms in total. The summed E-state index contributed by atoms with van der Waals surface area (Å²) in [5.41, 5.74) is 8.90. The highest BCUT2D eigenvalue weighted by Crippen LogP contribution is 2.08. The van der Waals surface area contributed by atoms with Gasteiger partial charge in [-0.25, -0.2) is 0 Å². The molecule has 0 atom stereocenters. The first-order valence-corrected chi connectivity index (χ1v) is 3.46. The smallest absolute Gasteiger partial charge is 0.0626 e. The maximum Gasteiger partial charge on any atom is 0.0626 e. The van der Waals surface area contributed by atoms with Crippen molar-refractivity contribution >= 4 is 0 Å². The van der Waals surface area contributed by atoms with Crippen LogP contribution in [0.15, 0.2) is 0 Å². The van der Waals surface area contributed by atoms with Gasteiger partial charge in [0, 0.05) is 5.69 Å². The fourth-order valence-electron chi connectivity index (χ4n) is 1.09. The van der Waals surface area contributed by atoms with Crippen LogP contribution in [0, 0.1) is 13.8 Å².